The van der Waals surface area contributed by atoms with Crippen molar-refractivity contribution in [3.05, 3.63) is 47.9 Å². The zero-order chi connectivity index (χ0) is 13.9. The summed E-state index contributed by atoms with van der Waals surface area (Å²) in [5.74, 6) is 0. The summed E-state index contributed by atoms with van der Waals surface area (Å²) in [6.45, 7) is 1.66. The summed E-state index contributed by atoms with van der Waals surface area (Å²) in [7, 11) is 3.92. The van der Waals surface area contributed by atoms with Crippen LogP contribution in [0.15, 0.2) is 36.5 Å². The van der Waals surface area contributed by atoms with Gasteiger partial charge < -0.3 is 5.32 Å². The van der Waals surface area contributed by atoms with Gasteiger partial charge in [0, 0.05) is 43.8 Å². The van der Waals surface area contributed by atoms with Crippen LogP contribution in [0, 0.1) is 0 Å². The Kier molecular flexibility index (Phi) is 3.52. The van der Waals surface area contributed by atoms with E-state index in [9.17, 15) is 0 Å². The van der Waals surface area contributed by atoms with Crippen molar-refractivity contribution in [3.8, 4) is 0 Å². The highest BCUT2D eigenvalue weighted by Gasteiger charge is 2.09. The second-order valence-corrected chi connectivity index (χ2v) is 4.91. The molecule has 2 aromatic heterocycles. The summed E-state index contributed by atoms with van der Waals surface area (Å²) in [5.41, 5.74) is 3.52. The molecule has 3 rings (SSSR count). The molecule has 0 bridgehead atoms. The summed E-state index contributed by atoms with van der Waals surface area (Å²) in [5, 5.41) is 13.3. The van der Waals surface area contributed by atoms with E-state index in [2.05, 4.69) is 45.4 Å². The first-order valence-corrected chi connectivity index (χ1v) is 6.85. The highest BCUT2D eigenvalue weighted by Crippen LogP contribution is 2.18. The Bertz CT molecular complexity index is 710. The number of nitrogens with zero attached hydrogens (tertiary/aromatic N) is 4. The van der Waals surface area contributed by atoms with Gasteiger partial charge in [-0.3, -0.25) is 9.36 Å². The number of rotatable bonds is 5. The summed E-state index contributed by atoms with van der Waals surface area (Å²) >= 11 is 0. The van der Waals surface area contributed by atoms with Crippen molar-refractivity contribution in [2.24, 2.45) is 7.05 Å². The molecular weight excluding hydrogens is 250 g/mol. The van der Waals surface area contributed by atoms with E-state index in [0.717, 1.165) is 25.2 Å². The van der Waals surface area contributed by atoms with Crippen molar-refractivity contribution >= 4 is 10.9 Å². The Morgan fingerprint density at radius 1 is 1.20 bits per heavy atom. The van der Waals surface area contributed by atoms with Crippen LogP contribution < -0.4 is 5.32 Å². The van der Waals surface area contributed by atoms with Crippen LogP contribution in [0.1, 0.15) is 11.4 Å². The fraction of sp³-hybridized carbons (Fsp3) is 0.333. The average Bonchev–Trinajstić information content (AvgIpc) is 3.02. The molecule has 1 aromatic carbocycles. The minimum absolute atomic E-state index is 0.791. The van der Waals surface area contributed by atoms with Crippen LogP contribution in [0.25, 0.3) is 10.9 Å². The van der Waals surface area contributed by atoms with E-state index in [1.54, 1.807) is 0 Å². The molecule has 1 N–H and O–H groups in total. The van der Waals surface area contributed by atoms with Crippen molar-refractivity contribution in [1.29, 1.82) is 0 Å². The summed E-state index contributed by atoms with van der Waals surface area (Å²) in [4.78, 5) is 0. The van der Waals surface area contributed by atoms with E-state index in [1.807, 2.05) is 25.0 Å². The van der Waals surface area contributed by atoms with Crippen LogP contribution in [-0.4, -0.2) is 26.6 Å². The van der Waals surface area contributed by atoms with Crippen LogP contribution in [0.5, 0.6) is 0 Å². The number of fused-ring (bicyclic) bond motifs is 1. The predicted octanol–water partition coefficient (Wildman–Crippen LogP) is 1.73. The van der Waals surface area contributed by atoms with Gasteiger partial charge in [0.15, 0.2) is 0 Å². The molecule has 0 fully saturated rings. The summed E-state index contributed by atoms with van der Waals surface area (Å²) in [6.07, 6.45) is 2.77. The first-order chi connectivity index (χ1) is 9.79. The second-order valence-electron chi connectivity index (χ2n) is 4.91. The molecule has 0 atom stereocenters. The standard InChI is InChI=1S/C15H19N5/c1-16-11-14-13-5-3-4-6-15(13)20(18-14)10-8-12-7-9-17-19(12)2/h3-7,9,16H,8,10-11H2,1-2H3. The first-order valence-electron chi connectivity index (χ1n) is 6.85. The molecule has 0 saturated carbocycles. The number of benzene rings is 1. The van der Waals surface area contributed by atoms with Crippen molar-refractivity contribution in [1.82, 2.24) is 24.9 Å². The molecule has 5 nitrogen and oxygen atoms in total. The molecule has 0 radical (unpaired) electrons. The van der Waals surface area contributed by atoms with Gasteiger partial charge in [-0.2, -0.15) is 10.2 Å². The van der Waals surface area contributed by atoms with Crippen molar-refractivity contribution in [2.45, 2.75) is 19.5 Å². The maximum Gasteiger partial charge on any atom is 0.0841 e. The first kappa shape index (κ1) is 12.9. The highest BCUT2D eigenvalue weighted by atomic mass is 15.3. The smallest absolute Gasteiger partial charge is 0.0841 e. The molecule has 0 spiro atoms. The Morgan fingerprint density at radius 3 is 2.80 bits per heavy atom. The van der Waals surface area contributed by atoms with Crippen molar-refractivity contribution < 1.29 is 0 Å². The fourth-order valence-corrected chi connectivity index (χ4v) is 2.53. The zero-order valence-electron chi connectivity index (χ0n) is 11.9. The van der Waals surface area contributed by atoms with Crippen LogP contribution >= 0.6 is 0 Å². The molecule has 2 heterocycles. The SMILES string of the molecule is CNCc1nn(CCc2ccnn2C)c2ccccc12. The van der Waals surface area contributed by atoms with E-state index >= 15 is 0 Å². The molecule has 0 amide bonds. The quantitative estimate of drug-likeness (QED) is 0.767. The zero-order valence-corrected chi connectivity index (χ0v) is 11.9. The van der Waals surface area contributed by atoms with Gasteiger partial charge in [0.1, 0.15) is 0 Å². The molecule has 3 aromatic rings. The third-order valence-electron chi connectivity index (χ3n) is 3.58. The second kappa shape index (κ2) is 5.46. The average molecular weight is 269 g/mol. The fourth-order valence-electron chi connectivity index (χ4n) is 2.53. The Balaban J connectivity index is 1.89. The number of aromatic nitrogens is 4. The lowest BCUT2D eigenvalue weighted by molar-refractivity contribution is 0.590. The van der Waals surface area contributed by atoms with E-state index in [0.29, 0.717) is 0 Å². The number of hydrogen-bond acceptors (Lipinski definition) is 3. The van der Waals surface area contributed by atoms with Crippen molar-refractivity contribution in [2.75, 3.05) is 7.05 Å². The van der Waals surface area contributed by atoms with Gasteiger partial charge in [-0.05, 0) is 19.2 Å². The molecule has 5 heteroatoms. The normalized spacial score (nSPS) is 11.3. The van der Waals surface area contributed by atoms with Crippen LogP contribution in [-0.2, 0) is 26.6 Å². The monoisotopic (exact) mass is 269 g/mol. The van der Waals surface area contributed by atoms with Crippen LogP contribution in [0.3, 0.4) is 0 Å². The molecule has 0 unspecified atom stereocenters. The Labute approximate surface area is 118 Å². The Hall–Kier alpha value is -2.14. The number of nitrogens with one attached hydrogen (secondary N) is 1. The van der Waals surface area contributed by atoms with Gasteiger partial charge in [-0.25, -0.2) is 0 Å². The molecule has 0 aliphatic carbocycles. The maximum atomic E-state index is 4.73. The molecular formula is C15H19N5. The molecule has 0 aliphatic rings. The lowest BCUT2D eigenvalue weighted by atomic mass is 10.2. The minimum atomic E-state index is 0.791. The summed E-state index contributed by atoms with van der Waals surface area (Å²) < 4.78 is 4.01. The third-order valence-corrected chi connectivity index (χ3v) is 3.58. The molecule has 104 valence electrons. The van der Waals surface area contributed by atoms with Gasteiger partial charge in [-0.15, -0.1) is 0 Å². The van der Waals surface area contributed by atoms with Crippen LogP contribution in [0.4, 0.5) is 0 Å². The number of para-hydroxylation sites is 1. The molecule has 0 aliphatic heterocycles. The van der Waals surface area contributed by atoms with E-state index < -0.39 is 0 Å². The van der Waals surface area contributed by atoms with Gasteiger partial charge >= 0.3 is 0 Å². The highest BCUT2D eigenvalue weighted by molar-refractivity contribution is 5.81. The minimum Gasteiger partial charge on any atom is -0.314 e. The lowest BCUT2D eigenvalue weighted by Crippen LogP contribution is -2.09. The van der Waals surface area contributed by atoms with E-state index in [4.69, 9.17) is 5.10 Å². The predicted molar refractivity (Wildman–Crippen MR) is 79.4 cm³/mol. The number of hydrogen-bond donors (Lipinski definition) is 1. The van der Waals surface area contributed by atoms with Gasteiger partial charge in [-0.1, -0.05) is 18.2 Å². The van der Waals surface area contributed by atoms with Crippen LogP contribution in [0.2, 0.25) is 0 Å². The third kappa shape index (κ3) is 2.32. The molecule has 0 saturated heterocycles. The van der Waals surface area contributed by atoms with E-state index in [1.165, 1.54) is 16.6 Å². The van der Waals surface area contributed by atoms with E-state index in [-0.39, 0.29) is 0 Å². The lowest BCUT2D eigenvalue weighted by Gasteiger charge is -2.04. The largest absolute Gasteiger partial charge is 0.314 e. The number of aryl methyl sites for hydroxylation is 3. The van der Waals surface area contributed by atoms with Gasteiger partial charge in [0.2, 0.25) is 0 Å². The summed E-state index contributed by atoms with van der Waals surface area (Å²) in [6, 6.07) is 10.4. The maximum absolute atomic E-state index is 4.73. The molecule has 20 heavy (non-hydrogen) atoms. The Morgan fingerprint density at radius 2 is 2.05 bits per heavy atom. The van der Waals surface area contributed by atoms with Crippen molar-refractivity contribution in [3.63, 3.8) is 0 Å². The van der Waals surface area contributed by atoms with Gasteiger partial charge in [0.05, 0.1) is 11.2 Å². The van der Waals surface area contributed by atoms with Gasteiger partial charge in [0.25, 0.3) is 0 Å². The topological polar surface area (TPSA) is 47.7 Å².